The van der Waals surface area contributed by atoms with Gasteiger partial charge in [-0.3, -0.25) is 0 Å². The van der Waals surface area contributed by atoms with Gasteiger partial charge in [-0.1, -0.05) is 52.9 Å². The summed E-state index contributed by atoms with van der Waals surface area (Å²) < 4.78 is 0. The van der Waals surface area contributed by atoms with E-state index in [0.717, 1.165) is 13.1 Å². The van der Waals surface area contributed by atoms with Crippen molar-refractivity contribution >= 4 is 6.71 Å². The quantitative estimate of drug-likeness (QED) is 0.425. The lowest BCUT2D eigenvalue weighted by Crippen LogP contribution is -2.19. The average Bonchev–Trinajstić information content (AvgIpc) is 1.83. The number of allylic oxidation sites excluding steroid dienone is 1. The molecule has 0 spiro atoms. The van der Waals surface area contributed by atoms with Crippen LogP contribution >= 0.6 is 0 Å². The summed E-state index contributed by atoms with van der Waals surface area (Å²) >= 11 is 0. The van der Waals surface area contributed by atoms with Crippen molar-refractivity contribution in [3.63, 3.8) is 0 Å². The second kappa shape index (κ2) is 3.99. The molecule has 1 heteroatoms. The topological polar surface area (TPSA) is 0 Å². The van der Waals surface area contributed by atoms with Crippen LogP contribution in [-0.4, -0.2) is 6.71 Å². The first-order valence-corrected chi connectivity index (χ1v) is 4.58. The highest BCUT2D eigenvalue weighted by atomic mass is 14.2. The Bertz CT molecular complexity index is 134. The monoisotopic (exact) mass is 152 g/mol. The summed E-state index contributed by atoms with van der Waals surface area (Å²) in [5, 5.41) is 0. The minimum atomic E-state index is 0.336. The van der Waals surface area contributed by atoms with Crippen molar-refractivity contribution in [3.8, 4) is 0 Å². The number of hydrogen-bond acceptors (Lipinski definition) is 0. The minimum absolute atomic E-state index is 0.336. The summed E-state index contributed by atoms with van der Waals surface area (Å²) in [6.07, 6.45) is 2.36. The first-order chi connectivity index (χ1) is 4.90. The average molecular weight is 152 g/mol. The Labute approximate surface area is 72.2 Å². The van der Waals surface area contributed by atoms with E-state index in [1.807, 2.05) is 0 Å². The molecule has 0 N–H and O–H groups in total. The predicted molar refractivity (Wildman–Crippen MR) is 55.5 cm³/mol. The van der Waals surface area contributed by atoms with Crippen molar-refractivity contribution in [2.75, 3.05) is 0 Å². The SMILES string of the molecule is C=C(CC)C(C)(C)CB(C)C. The van der Waals surface area contributed by atoms with Crippen molar-refractivity contribution in [3.05, 3.63) is 12.2 Å². The van der Waals surface area contributed by atoms with Crippen molar-refractivity contribution in [2.24, 2.45) is 5.41 Å². The zero-order valence-electron chi connectivity index (χ0n) is 8.70. The van der Waals surface area contributed by atoms with Crippen LogP contribution < -0.4 is 0 Å². The lowest BCUT2D eigenvalue weighted by molar-refractivity contribution is 0.486. The molecule has 0 aromatic rings. The molecule has 0 saturated carbocycles. The molecule has 0 aliphatic rings. The molecule has 0 atom stereocenters. The fraction of sp³-hybridized carbons (Fsp3) is 0.800. The van der Waals surface area contributed by atoms with E-state index in [-0.39, 0.29) is 0 Å². The Hall–Kier alpha value is -0.195. The summed E-state index contributed by atoms with van der Waals surface area (Å²) in [5.74, 6) is 0. The molecular formula is C10H21B. The Kier molecular flexibility index (Phi) is 3.92. The van der Waals surface area contributed by atoms with E-state index in [2.05, 4.69) is 41.0 Å². The van der Waals surface area contributed by atoms with Crippen LogP contribution in [0.2, 0.25) is 20.0 Å². The second-order valence-corrected chi connectivity index (χ2v) is 4.44. The number of rotatable bonds is 4. The van der Waals surface area contributed by atoms with Crippen molar-refractivity contribution in [1.29, 1.82) is 0 Å². The lowest BCUT2D eigenvalue weighted by atomic mass is 9.46. The standard InChI is InChI=1S/C10H21B/c1-7-9(2)10(3,4)8-11(5)6/h2,7-8H2,1,3-6H3. The van der Waals surface area contributed by atoms with Crippen LogP contribution in [0.3, 0.4) is 0 Å². The van der Waals surface area contributed by atoms with Gasteiger partial charge in [-0.05, 0) is 11.8 Å². The summed E-state index contributed by atoms with van der Waals surface area (Å²) in [7, 11) is 0. The summed E-state index contributed by atoms with van der Waals surface area (Å²) in [4.78, 5) is 0. The van der Waals surface area contributed by atoms with Crippen molar-refractivity contribution < 1.29 is 0 Å². The third kappa shape index (κ3) is 3.64. The van der Waals surface area contributed by atoms with E-state index in [0.29, 0.717) is 5.41 Å². The van der Waals surface area contributed by atoms with E-state index in [1.165, 1.54) is 11.9 Å². The maximum atomic E-state index is 4.10. The Morgan fingerprint density at radius 2 is 1.82 bits per heavy atom. The normalized spacial score (nSPS) is 11.4. The van der Waals surface area contributed by atoms with E-state index in [4.69, 9.17) is 0 Å². The third-order valence-corrected chi connectivity index (χ3v) is 2.30. The highest BCUT2D eigenvalue weighted by Crippen LogP contribution is 2.32. The molecule has 0 amide bonds. The van der Waals surface area contributed by atoms with Gasteiger partial charge in [0.25, 0.3) is 0 Å². The molecular weight excluding hydrogens is 131 g/mol. The molecule has 0 nitrogen and oxygen atoms in total. The molecule has 0 aliphatic heterocycles. The third-order valence-electron chi connectivity index (χ3n) is 2.30. The van der Waals surface area contributed by atoms with Crippen molar-refractivity contribution in [2.45, 2.75) is 47.2 Å². The molecule has 0 radical (unpaired) electrons. The molecule has 0 aliphatic carbocycles. The molecule has 0 bridgehead atoms. The molecule has 0 saturated heterocycles. The van der Waals surface area contributed by atoms with Gasteiger partial charge in [-0.25, -0.2) is 0 Å². The van der Waals surface area contributed by atoms with Gasteiger partial charge >= 0.3 is 0 Å². The first kappa shape index (κ1) is 10.8. The molecule has 0 aromatic carbocycles. The van der Waals surface area contributed by atoms with E-state index in [9.17, 15) is 0 Å². The van der Waals surface area contributed by atoms with Gasteiger partial charge in [0.2, 0.25) is 0 Å². The molecule has 0 rings (SSSR count). The maximum absolute atomic E-state index is 4.10. The van der Waals surface area contributed by atoms with Crippen LogP contribution in [-0.2, 0) is 0 Å². The van der Waals surface area contributed by atoms with Crippen molar-refractivity contribution in [1.82, 2.24) is 0 Å². The van der Waals surface area contributed by atoms with Crippen LogP contribution in [0.1, 0.15) is 27.2 Å². The van der Waals surface area contributed by atoms with Crippen LogP contribution in [0.4, 0.5) is 0 Å². The molecule has 0 fully saturated rings. The van der Waals surface area contributed by atoms with Gasteiger partial charge in [-0.15, -0.1) is 0 Å². The van der Waals surface area contributed by atoms with Crippen LogP contribution in [0, 0.1) is 5.41 Å². The smallest absolute Gasteiger partial charge is 0.0994 e. The molecule has 64 valence electrons. The minimum Gasteiger partial charge on any atom is -0.0994 e. The van der Waals surface area contributed by atoms with Gasteiger partial charge in [-0.2, -0.15) is 0 Å². The van der Waals surface area contributed by atoms with E-state index >= 15 is 0 Å². The highest BCUT2D eigenvalue weighted by Gasteiger charge is 2.22. The van der Waals surface area contributed by atoms with E-state index < -0.39 is 0 Å². The van der Waals surface area contributed by atoms with Crippen LogP contribution in [0.25, 0.3) is 0 Å². The van der Waals surface area contributed by atoms with Gasteiger partial charge in [0.1, 0.15) is 6.71 Å². The zero-order valence-corrected chi connectivity index (χ0v) is 8.70. The first-order valence-electron chi connectivity index (χ1n) is 4.58. The molecule has 11 heavy (non-hydrogen) atoms. The van der Waals surface area contributed by atoms with Gasteiger partial charge in [0.05, 0.1) is 0 Å². The molecule has 0 unspecified atom stereocenters. The summed E-state index contributed by atoms with van der Waals surface area (Å²) in [5.41, 5.74) is 1.72. The zero-order chi connectivity index (χ0) is 9.07. The fourth-order valence-corrected chi connectivity index (χ4v) is 1.64. The Balaban J connectivity index is 4.09. The highest BCUT2D eigenvalue weighted by molar-refractivity contribution is 6.55. The predicted octanol–water partition coefficient (Wildman–Crippen LogP) is 3.73. The van der Waals surface area contributed by atoms with Gasteiger partial charge in [0.15, 0.2) is 0 Å². The Morgan fingerprint density at radius 3 is 2.09 bits per heavy atom. The van der Waals surface area contributed by atoms with Gasteiger partial charge < -0.3 is 0 Å². The lowest BCUT2D eigenvalue weighted by Gasteiger charge is -2.28. The van der Waals surface area contributed by atoms with Crippen LogP contribution in [0.15, 0.2) is 12.2 Å². The van der Waals surface area contributed by atoms with Crippen LogP contribution in [0.5, 0.6) is 0 Å². The second-order valence-electron chi connectivity index (χ2n) is 4.44. The summed E-state index contributed by atoms with van der Waals surface area (Å²) in [6, 6.07) is 0. The van der Waals surface area contributed by atoms with Gasteiger partial charge in [0, 0.05) is 0 Å². The van der Waals surface area contributed by atoms with E-state index in [1.54, 1.807) is 0 Å². The molecule has 0 aromatic heterocycles. The largest absolute Gasteiger partial charge is 0.134 e. The number of hydrogen-bond donors (Lipinski definition) is 0. The summed E-state index contributed by atoms with van der Waals surface area (Å²) in [6.45, 7) is 16.2. The Morgan fingerprint density at radius 1 is 1.36 bits per heavy atom. The fourth-order valence-electron chi connectivity index (χ4n) is 1.64. The maximum Gasteiger partial charge on any atom is 0.134 e. The molecule has 0 heterocycles.